The number of rotatable bonds is 3. The topological polar surface area (TPSA) is 43.8 Å². The van der Waals surface area contributed by atoms with Crippen LogP contribution < -0.4 is 0 Å². The Morgan fingerprint density at radius 3 is 2.19 bits per heavy atom. The largest absolute Gasteiger partial charge is 0.392 e. The fraction of sp³-hybridized carbons (Fsp3) is 0.381. The molecule has 2 bridgehead atoms. The van der Waals surface area contributed by atoms with Crippen molar-refractivity contribution >= 4 is 17.5 Å². The van der Waals surface area contributed by atoms with Crippen LogP contribution in [-0.4, -0.2) is 53.1 Å². The van der Waals surface area contributed by atoms with Crippen LogP contribution in [0, 0.1) is 11.8 Å². The first-order valence-corrected chi connectivity index (χ1v) is 9.47. The lowest BCUT2D eigenvalue weighted by molar-refractivity contribution is -0.0719. The summed E-state index contributed by atoms with van der Waals surface area (Å²) in [6, 6.07) is 17.4. The molecule has 0 aromatic heterocycles. The number of piperidine rings is 2. The lowest BCUT2D eigenvalue weighted by atomic mass is 9.81. The second-order valence-electron chi connectivity index (χ2n) is 7.41. The summed E-state index contributed by atoms with van der Waals surface area (Å²) in [5, 5.41) is 11.2. The Morgan fingerprint density at radius 2 is 1.58 bits per heavy atom. The molecule has 0 aliphatic carbocycles. The van der Waals surface area contributed by atoms with Gasteiger partial charge in [-0.2, -0.15) is 0 Å². The highest BCUT2D eigenvalue weighted by molar-refractivity contribution is 6.30. The number of aliphatic hydroxyl groups is 1. The molecular formula is C21H23ClN2O2. The highest BCUT2D eigenvalue weighted by Gasteiger charge is 2.42. The van der Waals surface area contributed by atoms with Crippen molar-refractivity contribution in [3.05, 3.63) is 70.7 Å². The molecule has 26 heavy (non-hydrogen) atoms. The fourth-order valence-electron chi connectivity index (χ4n) is 4.22. The lowest BCUT2D eigenvalue weighted by Crippen LogP contribution is -2.60. The third kappa shape index (κ3) is 3.63. The van der Waals surface area contributed by atoms with Crippen molar-refractivity contribution in [2.45, 2.75) is 12.6 Å². The van der Waals surface area contributed by atoms with Gasteiger partial charge in [-0.15, -0.1) is 0 Å². The number of aliphatic hydroxyl groups excluding tert-OH is 1. The standard InChI is InChI=1S/C21H23ClN2O2/c22-19-8-6-16(7-9-19)21(26)24-13-17-11-23(12-18(14-24)20(17)25)10-15-4-2-1-3-5-15/h1-9,17-18,20,25H,10-14H2. The van der Waals surface area contributed by atoms with Crippen LogP contribution in [0.2, 0.25) is 5.02 Å². The minimum absolute atomic E-state index is 0.0278. The van der Waals surface area contributed by atoms with Gasteiger partial charge < -0.3 is 10.0 Å². The summed E-state index contributed by atoms with van der Waals surface area (Å²) in [5.41, 5.74) is 1.95. The normalized spacial score (nSPS) is 25.9. The SMILES string of the molecule is O=C(c1ccc(Cl)cc1)N1CC2CN(Cc3ccccc3)CC(C1)C2O. The first-order chi connectivity index (χ1) is 12.6. The van der Waals surface area contributed by atoms with Gasteiger partial charge in [0.2, 0.25) is 0 Å². The third-order valence-corrected chi connectivity index (χ3v) is 5.74. The van der Waals surface area contributed by atoms with Crippen molar-refractivity contribution in [2.75, 3.05) is 26.2 Å². The van der Waals surface area contributed by atoms with E-state index in [2.05, 4.69) is 29.2 Å². The number of hydrogen-bond donors (Lipinski definition) is 1. The predicted octanol–water partition coefficient (Wildman–Crippen LogP) is 2.90. The van der Waals surface area contributed by atoms with E-state index in [-0.39, 0.29) is 23.8 Å². The van der Waals surface area contributed by atoms with E-state index in [1.54, 1.807) is 24.3 Å². The number of benzene rings is 2. The summed E-state index contributed by atoms with van der Waals surface area (Å²) in [7, 11) is 0. The number of carbonyl (C=O) groups is 1. The Labute approximate surface area is 159 Å². The van der Waals surface area contributed by atoms with E-state index in [1.807, 2.05) is 11.0 Å². The van der Waals surface area contributed by atoms with Gasteiger partial charge in [0.25, 0.3) is 5.91 Å². The van der Waals surface area contributed by atoms with E-state index in [0.29, 0.717) is 23.7 Å². The molecule has 0 spiro atoms. The maximum atomic E-state index is 12.8. The number of likely N-dealkylation sites (tertiary alicyclic amines) is 2. The van der Waals surface area contributed by atoms with E-state index < -0.39 is 0 Å². The zero-order valence-corrected chi connectivity index (χ0v) is 15.3. The van der Waals surface area contributed by atoms with Crippen molar-refractivity contribution < 1.29 is 9.90 Å². The van der Waals surface area contributed by atoms with Gasteiger partial charge in [-0.1, -0.05) is 41.9 Å². The van der Waals surface area contributed by atoms with E-state index in [0.717, 1.165) is 19.6 Å². The molecule has 136 valence electrons. The zero-order chi connectivity index (χ0) is 18.1. The number of fused-ring (bicyclic) bond motifs is 2. The Kier molecular flexibility index (Phi) is 4.98. The van der Waals surface area contributed by atoms with Crippen LogP contribution in [0.15, 0.2) is 54.6 Å². The molecule has 1 N–H and O–H groups in total. The molecule has 2 heterocycles. The van der Waals surface area contributed by atoms with Gasteiger partial charge in [0.05, 0.1) is 6.10 Å². The molecule has 2 aromatic rings. The molecule has 5 heteroatoms. The third-order valence-electron chi connectivity index (χ3n) is 5.49. The van der Waals surface area contributed by atoms with E-state index in [9.17, 15) is 9.90 Å². The van der Waals surface area contributed by atoms with Crippen molar-refractivity contribution in [1.29, 1.82) is 0 Å². The first kappa shape index (κ1) is 17.5. The van der Waals surface area contributed by atoms with Crippen molar-refractivity contribution in [3.63, 3.8) is 0 Å². The Bertz CT molecular complexity index is 749. The maximum absolute atomic E-state index is 12.8. The van der Waals surface area contributed by atoms with Crippen LogP contribution in [0.25, 0.3) is 0 Å². The summed E-state index contributed by atoms with van der Waals surface area (Å²) in [4.78, 5) is 17.1. The predicted molar refractivity (Wildman–Crippen MR) is 102 cm³/mol. The van der Waals surface area contributed by atoms with Crippen molar-refractivity contribution in [3.8, 4) is 0 Å². The number of nitrogens with zero attached hydrogens (tertiary/aromatic N) is 2. The van der Waals surface area contributed by atoms with Crippen LogP contribution in [0.4, 0.5) is 0 Å². The smallest absolute Gasteiger partial charge is 0.253 e. The van der Waals surface area contributed by atoms with E-state index in [1.165, 1.54) is 5.56 Å². The monoisotopic (exact) mass is 370 g/mol. The minimum Gasteiger partial charge on any atom is -0.392 e. The Morgan fingerprint density at radius 1 is 0.962 bits per heavy atom. The molecule has 0 saturated carbocycles. The summed E-state index contributed by atoms with van der Waals surface area (Å²) in [6.45, 7) is 3.73. The van der Waals surface area contributed by atoms with Gasteiger partial charge in [0.1, 0.15) is 0 Å². The lowest BCUT2D eigenvalue weighted by Gasteiger charge is -2.49. The molecule has 2 atom stereocenters. The molecule has 2 aliphatic heterocycles. The van der Waals surface area contributed by atoms with Crippen molar-refractivity contribution in [2.24, 2.45) is 11.8 Å². The van der Waals surface area contributed by atoms with Gasteiger partial charge in [-0.25, -0.2) is 0 Å². The van der Waals surface area contributed by atoms with Gasteiger partial charge in [-0.05, 0) is 29.8 Å². The van der Waals surface area contributed by atoms with Gasteiger partial charge in [0.15, 0.2) is 0 Å². The molecule has 2 aliphatic rings. The van der Waals surface area contributed by atoms with Crippen LogP contribution in [0.5, 0.6) is 0 Å². The number of carbonyl (C=O) groups excluding carboxylic acids is 1. The number of amides is 1. The van der Waals surface area contributed by atoms with Crippen LogP contribution in [-0.2, 0) is 6.54 Å². The fourth-order valence-corrected chi connectivity index (χ4v) is 4.35. The summed E-state index contributed by atoms with van der Waals surface area (Å²) in [5.74, 6) is 0.227. The van der Waals surface area contributed by atoms with Gasteiger partial charge >= 0.3 is 0 Å². The number of hydrogen-bond acceptors (Lipinski definition) is 3. The first-order valence-electron chi connectivity index (χ1n) is 9.09. The molecule has 2 unspecified atom stereocenters. The maximum Gasteiger partial charge on any atom is 0.253 e. The number of halogens is 1. The average molecular weight is 371 g/mol. The quantitative estimate of drug-likeness (QED) is 0.903. The Balaban J connectivity index is 1.44. The summed E-state index contributed by atoms with van der Waals surface area (Å²) in [6.07, 6.45) is -0.323. The van der Waals surface area contributed by atoms with E-state index >= 15 is 0 Å². The second kappa shape index (κ2) is 7.39. The van der Waals surface area contributed by atoms with Crippen LogP contribution >= 0.6 is 11.6 Å². The molecule has 4 nitrogen and oxygen atoms in total. The van der Waals surface area contributed by atoms with E-state index in [4.69, 9.17) is 11.6 Å². The van der Waals surface area contributed by atoms with Gasteiger partial charge in [0, 0.05) is 55.1 Å². The molecular weight excluding hydrogens is 348 g/mol. The minimum atomic E-state index is -0.323. The van der Waals surface area contributed by atoms with Crippen LogP contribution in [0.3, 0.4) is 0 Å². The second-order valence-corrected chi connectivity index (χ2v) is 7.84. The van der Waals surface area contributed by atoms with Crippen molar-refractivity contribution in [1.82, 2.24) is 9.80 Å². The molecule has 2 saturated heterocycles. The molecule has 4 rings (SSSR count). The Hall–Kier alpha value is -1.88. The molecule has 2 aromatic carbocycles. The molecule has 2 fully saturated rings. The molecule has 1 amide bonds. The van der Waals surface area contributed by atoms with Crippen LogP contribution in [0.1, 0.15) is 15.9 Å². The zero-order valence-electron chi connectivity index (χ0n) is 14.6. The highest BCUT2D eigenvalue weighted by atomic mass is 35.5. The summed E-state index contributed by atoms with van der Waals surface area (Å²) < 4.78 is 0. The summed E-state index contributed by atoms with van der Waals surface area (Å²) >= 11 is 5.92. The van der Waals surface area contributed by atoms with Gasteiger partial charge in [-0.3, -0.25) is 9.69 Å². The molecule has 0 radical (unpaired) electrons. The highest BCUT2D eigenvalue weighted by Crippen LogP contribution is 2.31. The average Bonchev–Trinajstić information content (AvgIpc) is 2.63.